The normalized spacial score (nSPS) is 25.4. The van der Waals surface area contributed by atoms with Crippen LogP contribution in [0.3, 0.4) is 0 Å². The summed E-state index contributed by atoms with van der Waals surface area (Å²) in [5.41, 5.74) is 0.716. The molecule has 1 saturated carbocycles. The van der Waals surface area contributed by atoms with E-state index in [0.717, 1.165) is 11.3 Å². The van der Waals surface area contributed by atoms with Crippen molar-refractivity contribution in [1.29, 1.82) is 0 Å². The van der Waals surface area contributed by atoms with E-state index in [1.54, 1.807) is 11.9 Å². The van der Waals surface area contributed by atoms with Gasteiger partial charge in [0.1, 0.15) is 5.82 Å². The molecular formula is C14H19F2N5O. The Labute approximate surface area is 127 Å². The Kier molecular flexibility index (Phi) is 3.41. The maximum absolute atomic E-state index is 13.2. The molecule has 0 bridgehead atoms. The van der Waals surface area contributed by atoms with Gasteiger partial charge in [-0.3, -0.25) is 0 Å². The molecule has 1 aliphatic heterocycles. The number of hydrogen-bond acceptors (Lipinski definition) is 4. The quantitative estimate of drug-likeness (QED) is 0.890. The maximum Gasteiger partial charge on any atom is 0.317 e. The number of anilines is 1. The van der Waals surface area contributed by atoms with Gasteiger partial charge in [0.25, 0.3) is 5.92 Å². The summed E-state index contributed by atoms with van der Waals surface area (Å²) in [5, 5.41) is 13.7. The Morgan fingerprint density at radius 2 is 2.18 bits per heavy atom. The second kappa shape index (κ2) is 5.03. The summed E-state index contributed by atoms with van der Waals surface area (Å²) in [6.07, 6.45) is 0.456. The third-order valence-electron chi connectivity index (χ3n) is 4.48. The lowest BCUT2D eigenvalue weighted by Gasteiger charge is -2.28. The molecule has 1 atom stereocenters. The average Bonchev–Trinajstić information content (AvgIpc) is 3.02. The van der Waals surface area contributed by atoms with Crippen molar-refractivity contribution in [3.63, 3.8) is 0 Å². The van der Waals surface area contributed by atoms with E-state index >= 15 is 0 Å². The highest BCUT2D eigenvalue weighted by molar-refractivity contribution is 5.74. The zero-order valence-electron chi connectivity index (χ0n) is 12.6. The van der Waals surface area contributed by atoms with Gasteiger partial charge in [-0.15, -0.1) is 5.10 Å². The highest BCUT2D eigenvalue weighted by atomic mass is 19.3. The standard InChI is InChI=1S/C14H19F2N5O/c1-13(7-14(13,15)16)8-18-12(22)21-4-3-10-9(6-21)5-11(17-2)20-19-10/h5H,3-4,6-8H2,1-2H3,(H,17,20)(H,18,22). The van der Waals surface area contributed by atoms with Gasteiger partial charge in [0.05, 0.1) is 11.1 Å². The molecule has 8 heteroatoms. The first-order chi connectivity index (χ1) is 10.3. The van der Waals surface area contributed by atoms with Gasteiger partial charge in [0, 0.05) is 39.5 Å². The van der Waals surface area contributed by atoms with Crippen molar-refractivity contribution in [3.8, 4) is 0 Å². The number of nitrogens with zero attached hydrogens (tertiary/aromatic N) is 3. The van der Waals surface area contributed by atoms with Crippen LogP contribution in [0.25, 0.3) is 0 Å². The van der Waals surface area contributed by atoms with Gasteiger partial charge in [0.2, 0.25) is 0 Å². The first-order valence-electron chi connectivity index (χ1n) is 7.28. The number of amides is 2. The summed E-state index contributed by atoms with van der Waals surface area (Å²) in [6.45, 7) is 2.42. The lowest BCUT2D eigenvalue weighted by atomic mass is 10.1. The number of hydrogen-bond donors (Lipinski definition) is 2. The molecule has 3 rings (SSSR count). The molecule has 0 radical (unpaired) electrons. The molecule has 1 fully saturated rings. The lowest BCUT2D eigenvalue weighted by molar-refractivity contribution is 0.0700. The Hall–Kier alpha value is -1.99. The molecule has 0 saturated heterocycles. The predicted octanol–water partition coefficient (Wildman–Crippen LogP) is 1.63. The minimum atomic E-state index is -2.66. The highest BCUT2D eigenvalue weighted by Crippen LogP contribution is 2.59. The van der Waals surface area contributed by atoms with E-state index in [2.05, 4.69) is 20.8 Å². The number of urea groups is 1. The van der Waals surface area contributed by atoms with Crippen LogP contribution in [0.15, 0.2) is 6.07 Å². The molecule has 2 aliphatic rings. The summed E-state index contributed by atoms with van der Waals surface area (Å²) in [7, 11) is 1.75. The average molecular weight is 311 g/mol. The van der Waals surface area contributed by atoms with Gasteiger partial charge < -0.3 is 15.5 Å². The van der Waals surface area contributed by atoms with Crippen molar-refractivity contribution < 1.29 is 13.6 Å². The SMILES string of the molecule is CNc1cc2c(nn1)CCN(C(=O)NCC1(C)CC1(F)F)C2. The Morgan fingerprint density at radius 1 is 1.45 bits per heavy atom. The summed E-state index contributed by atoms with van der Waals surface area (Å²) in [5.74, 6) is -2.02. The van der Waals surface area contributed by atoms with Crippen LogP contribution in [0.2, 0.25) is 0 Å². The second-order valence-electron chi connectivity index (χ2n) is 6.22. The summed E-state index contributed by atoms with van der Waals surface area (Å²) in [6, 6.07) is 1.55. The third kappa shape index (κ3) is 2.57. The number of carbonyl (C=O) groups is 1. The molecule has 0 aromatic carbocycles. The van der Waals surface area contributed by atoms with E-state index in [4.69, 9.17) is 0 Å². The number of alkyl halides is 2. The van der Waals surface area contributed by atoms with Gasteiger partial charge in [-0.1, -0.05) is 6.92 Å². The largest absolute Gasteiger partial charge is 0.372 e. The smallest absolute Gasteiger partial charge is 0.317 e. The molecule has 6 nitrogen and oxygen atoms in total. The fourth-order valence-electron chi connectivity index (χ4n) is 2.64. The number of nitrogens with one attached hydrogen (secondary N) is 2. The van der Waals surface area contributed by atoms with Gasteiger partial charge in [-0.2, -0.15) is 5.10 Å². The monoisotopic (exact) mass is 311 g/mol. The molecule has 2 amide bonds. The molecule has 1 aliphatic carbocycles. The van der Waals surface area contributed by atoms with E-state index in [-0.39, 0.29) is 19.0 Å². The van der Waals surface area contributed by atoms with Crippen LogP contribution in [-0.2, 0) is 13.0 Å². The van der Waals surface area contributed by atoms with E-state index in [1.807, 2.05) is 6.07 Å². The fourth-order valence-corrected chi connectivity index (χ4v) is 2.64. The summed E-state index contributed by atoms with van der Waals surface area (Å²) in [4.78, 5) is 13.8. The van der Waals surface area contributed by atoms with Gasteiger partial charge >= 0.3 is 6.03 Å². The minimum absolute atomic E-state index is 0.00144. The van der Waals surface area contributed by atoms with Crippen molar-refractivity contribution in [3.05, 3.63) is 17.3 Å². The number of halogens is 2. The van der Waals surface area contributed by atoms with E-state index in [1.165, 1.54) is 6.92 Å². The summed E-state index contributed by atoms with van der Waals surface area (Å²) >= 11 is 0. The minimum Gasteiger partial charge on any atom is -0.372 e. The van der Waals surface area contributed by atoms with E-state index < -0.39 is 11.3 Å². The van der Waals surface area contributed by atoms with E-state index in [0.29, 0.717) is 25.3 Å². The van der Waals surface area contributed by atoms with E-state index in [9.17, 15) is 13.6 Å². The predicted molar refractivity (Wildman–Crippen MR) is 76.8 cm³/mol. The number of fused-ring (bicyclic) bond motifs is 1. The van der Waals surface area contributed by atoms with Crippen LogP contribution in [0.5, 0.6) is 0 Å². The van der Waals surface area contributed by atoms with Gasteiger partial charge in [-0.05, 0) is 11.6 Å². The molecule has 0 spiro atoms. The van der Waals surface area contributed by atoms with Crippen LogP contribution >= 0.6 is 0 Å². The number of carbonyl (C=O) groups excluding carboxylic acids is 1. The van der Waals surface area contributed by atoms with Crippen molar-refractivity contribution in [1.82, 2.24) is 20.4 Å². The van der Waals surface area contributed by atoms with Gasteiger partial charge in [0.15, 0.2) is 0 Å². The summed E-state index contributed by atoms with van der Waals surface area (Å²) < 4.78 is 26.3. The molecule has 1 aromatic rings. The van der Waals surface area contributed by atoms with Crippen LogP contribution in [0.1, 0.15) is 24.6 Å². The third-order valence-corrected chi connectivity index (χ3v) is 4.48. The topological polar surface area (TPSA) is 70.2 Å². The molecule has 2 N–H and O–H groups in total. The zero-order chi connectivity index (χ0) is 16.0. The zero-order valence-corrected chi connectivity index (χ0v) is 12.6. The van der Waals surface area contributed by atoms with Crippen LogP contribution < -0.4 is 10.6 Å². The lowest BCUT2D eigenvalue weighted by Crippen LogP contribution is -2.45. The van der Waals surface area contributed by atoms with Crippen LogP contribution in [0.4, 0.5) is 19.4 Å². The maximum atomic E-state index is 13.2. The van der Waals surface area contributed by atoms with Crippen LogP contribution in [-0.4, -0.2) is 47.2 Å². The highest BCUT2D eigenvalue weighted by Gasteiger charge is 2.67. The first kappa shape index (κ1) is 14.9. The Bertz CT molecular complexity index is 609. The van der Waals surface area contributed by atoms with Crippen LogP contribution in [0, 0.1) is 5.41 Å². The molecule has 1 unspecified atom stereocenters. The van der Waals surface area contributed by atoms with Crippen molar-refractivity contribution in [2.24, 2.45) is 5.41 Å². The molecule has 120 valence electrons. The molecule has 2 heterocycles. The molecule has 1 aromatic heterocycles. The second-order valence-corrected chi connectivity index (χ2v) is 6.22. The molecule has 22 heavy (non-hydrogen) atoms. The number of aromatic nitrogens is 2. The molecular weight excluding hydrogens is 292 g/mol. The Morgan fingerprint density at radius 3 is 2.82 bits per heavy atom. The number of rotatable bonds is 3. The van der Waals surface area contributed by atoms with Crippen molar-refractivity contribution in [2.75, 3.05) is 25.5 Å². The first-order valence-corrected chi connectivity index (χ1v) is 7.28. The van der Waals surface area contributed by atoms with Gasteiger partial charge in [-0.25, -0.2) is 13.6 Å². The fraction of sp³-hybridized carbons (Fsp3) is 0.643. The Balaban J connectivity index is 1.60. The van der Waals surface area contributed by atoms with Crippen molar-refractivity contribution >= 4 is 11.8 Å². The van der Waals surface area contributed by atoms with Crippen molar-refractivity contribution in [2.45, 2.75) is 32.2 Å².